The number of hydrogen-bond acceptors (Lipinski definition) is 6. The predicted octanol–water partition coefficient (Wildman–Crippen LogP) is 11.8. The monoisotopic (exact) mass is 900 g/mol. The number of rotatable bonds is 10. The van der Waals surface area contributed by atoms with Crippen molar-refractivity contribution in [2.24, 2.45) is 11.8 Å². The van der Waals surface area contributed by atoms with Crippen LogP contribution in [-0.2, 0) is 54.1 Å². The van der Waals surface area contributed by atoms with Gasteiger partial charge in [0.2, 0.25) is 0 Å². The first-order valence-corrected chi connectivity index (χ1v) is 24.9. The normalized spacial score (nSPS) is 23.9. The maximum absolute atomic E-state index is 13.2. The van der Waals surface area contributed by atoms with Gasteiger partial charge in [-0.05, 0) is 172 Å². The van der Waals surface area contributed by atoms with Crippen molar-refractivity contribution in [3.8, 4) is 12.3 Å². The molecule has 0 unspecified atom stereocenters. The van der Waals surface area contributed by atoms with Crippen molar-refractivity contribution in [3.05, 3.63) is 201 Å². The maximum Gasteiger partial charge on any atom is 0.167 e. The van der Waals surface area contributed by atoms with Gasteiger partial charge in [0.05, 0.1) is 0 Å². The van der Waals surface area contributed by atoms with Gasteiger partial charge >= 0.3 is 0 Å². The van der Waals surface area contributed by atoms with E-state index in [1.54, 1.807) is 12.4 Å². The Kier molecular flexibility index (Phi) is 13.9. The molecule has 5 atom stereocenters. The lowest BCUT2D eigenvalue weighted by Gasteiger charge is -2.49. The van der Waals surface area contributed by atoms with E-state index in [1.807, 2.05) is 50.2 Å². The van der Waals surface area contributed by atoms with Crippen LogP contribution in [0.1, 0.15) is 141 Å². The van der Waals surface area contributed by atoms with E-state index in [0.717, 1.165) is 97.8 Å². The lowest BCUT2D eigenvalue weighted by molar-refractivity contribution is -0.123. The second-order valence-corrected chi connectivity index (χ2v) is 20.4. The SMILES string of the molecule is C#C[C@]1(O)CC[C@@]2(Cc3ccccc3)c3ccc(C(=O)Cc4cccnc4C)cc3CCC[C@H]2C1.Cc1ncccc1CC(=O)c1ccc2c(c1)CCC[C@H]1CC(=O)CC[C@@]21Cc1ccccc1. The van der Waals surface area contributed by atoms with Crippen molar-refractivity contribution in [2.75, 3.05) is 0 Å². The Bertz CT molecular complexity index is 2850. The van der Waals surface area contributed by atoms with Crippen molar-refractivity contribution in [1.82, 2.24) is 9.97 Å². The zero-order valence-electron chi connectivity index (χ0n) is 39.8. The Morgan fingerprint density at radius 1 is 0.632 bits per heavy atom. The molecular formula is C62H64N2O4. The second-order valence-electron chi connectivity index (χ2n) is 20.4. The van der Waals surface area contributed by atoms with Gasteiger partial charge in [0.1, 0.15) is 11.4 Å². The average molecular weight is 901 g/mol. The largest absolute Gasteiger partial charge is 0.378 e. The third-order valence-corrected chi connectivity index (χ3v) is 16.3. The first-order valence-electron chi connectivity index (χ1n) is 24.9. The zero-order chi connectivity index (χ0) is 47.3. The summed E-state index contributed by atoms with van der Waals surface area (Å²) in [5.74, 6) is 4.06. The number of terminal acetylenes is 1. The molecule has 2 saturated carbocycles. The van der Waals surface area contributed by atoms with Crippen LogP contribution in [0.4, 0.5) is 0 Å². The Balaban J connectivity index is 0.000000170. The minimum atomic E-state index is -1.02. The standard InChI is InChI=1S/C32H33NO2.C30H31NO2/c1-3-31(35)16-17-32(21-24-9-5-4-6-10-24)28(22-31)13-7-11-26-19-27(14-15-29(26)32)30(34)20-25-12-8-18-33-23(25)2;1-21-23(10-6-16-31-21)18-29(33)25-12-13-28-24(17-25)9-5-11-26-19-27(32)14-15-30(26,28)20-22-7-3-2-4-8-22/h1,4-6,8-10,12,14-15,18-19,28,35H,7,11,13,16-17,20-22H2,2H3;2-4,6-8,10,12-13,16-17,26H,5,9,11,14-15,18-20H2,1H3/t28-,31-,32-;26-,30-/m00/s1. The van der Waals surface area contributed by atoms with Crippen LogP contribution < -0.4 is 0 Å². The Hall–Kier alpha value is -6.29. The minimum absolute atomic E-state index is 0.0252. The van der Waals surface area contributed by atoms with Crippen molar-refractivity contribution < 1.29 is 19.5 Å². The van der Waals surface area contributed by atoms with Gasteiger partial charge in [0.25, 0.3) is 0 Å². The van der Waals surface area contributed by atoms with Gasteiger partial charge in [-0.3, -0.25) is 24.4 Å². The van der Waals surface area contributed by atoms with Crippen molar-refractivity contribution in [1.29, 1.82) is 0 Å². The fraction of sp³-hybridized carbons (Fsp3) is 0.371. The molecule has 6 aromatic rings. The van der Waals surface area contributed by atoms with Gasteiger partial charge in [0, 0.05) is 71.4 Å². The quantitative estimate of drug-likeness (QED) is 0.109. The molecule has 346 valence electrons. The number of Topliss-reactive ketones (excluding diaryl/α,β-unsaturated/α-hetero) is 3. The summed E-state index contributed by atoms with van der Waals surface area (Å²) < 4.78 is 0. The topological polar surface area (TPSA) is 97.2 Å². The van der Waals surface area contributed by atoms with Crippen LogP contribution in [0.25, 0.3) is 0 Å². The highest BCUT2D eigenvalue weighted by Gasteiger charge is 2.50. The third-order valence-electron chi connectivity index (χ3n) is 16.3. The first kappa shape index (κ1) is 46.8. The van der Waals surface area contributed by atoms with Crippen molar-refractivity contribution in [2.45, 2.75) is 133 Å². The Morgan fingerprint density at radius 2 is 1.13 bits per heavy atom. The summed E-state index contributed by atoms with van der Waals surface area (Å²) in [6.45, 7) is 3.91. The number of hydrogen-bond donors (Lipinski definition) is 1. The van der Waals surface area contributed by atoms with E-state index >= 15 is 0 Å². The van der Waals surface area contributed by atoms with Gasteiger partial charge in [-0.15, -0.1) is 6.42 Å². The second kappa shape index (κ2) is 20.1. The smallest absolute Gasteiger partial charge is 0.167 e. The maximum atomic E-state index is 13.2. The fourth-order valence-corrected chi connectivity index (χ4v) is 12.6. The van der Waals surface area contributed by atoms with Crippen LogP contribution in [0.5, 0.6) is 0 Å². The number of aromatic nitrogens is 2. The number of carbonyl (C=O) groups excluding carboxylic acids is 3. The van der Waals surface area contributed by atoms with E-state index < -0.39 is 5.60 Å². The average Bonchev–Trinajstić information content (AvgIpc) is 3.60. The molecule has 6 heteroatoms. The zero-order valence-corrected chi connectivity index (χ0v) is 39.8. The highest BCUT2D eigenvalue weighted by atomic mass is 16.3. The van der Waals surface area contributed by atoms with E-state index in [9.17, 15) is 19.5 Å². The number of carbonyl (C=O) groups is 3. The number of aliphatic hydroxyl groups is 1. The summed E-state index contributed by atoms with van der Waals surface area (Å²) in [4.78, 5) is 47.5. The molecular weight excluding hydrogens is 837 g/mol. The molecule has 2 heterocycles. The number of ketones is 3. The molecule has 10 rings (SSSR count). The summed E-state index contributed by atoms with van der Waals surface area (Å²) >= 11 is 0. The molecule has 1 N–H and O–H groups in total. The fourth-order valence-electron chi connectivity index (χ4n) is 12.6. The van der Waals surface area contributed by atoms with Crippen molar-refractivity contribution >= 4 is 17.3 Å². The molecule has 68 heavy (non-hydrogen) atoms. The molecule has 0 aliphatic heterocycles. The molecule has 0 saturated heterocycles. The summed E-state index contributed by atoms with van der Waals surface area (Å²) in [7, 11) is 0. The Morgan fingerprint density at radius 3 is 1.63 bits per heavy atom. The molecule has 0 bridgehead atoms. The molecule has 6 nitrogen and oxygen atoms in total. The van der Waals surface area contributed by atoms with Crippen molar-refractivity contribution in [3.63, 3.8) is 0 Å². The van der Waals surface area contributed by atoms with Crippen LogP contribution in [0.15, 0.2) is 134 Å². The number of benzene rings is 4. The molecule has 0 spiro atoms. The van der Waals surface area contributed by atoms with Gasteiger partial charge in [-0.2, -0.15) is 0 Å². The van der Waals surface area contributed by atoms with E-state index in [0.29, 0.717) is 56.1 Å². The molecule has 4 aliphatic rings. The molecule has 2 fully saturated rings. The predicted molar refractivity (Wildman–Crippen MR) is 270 cm³/mol. The molecule has 4 aromatic carbocycles. The van der Waals surface area contributed by atoms with E-state index in [2.05, 4.69) is 101 Å². The number of pyridine rings is 2. The lowest BCUT2D eigenvalue weighted by atomic mass is 9.56. The van der Waals surface area contributed by atoms with Crippen LogP contribution in [-0.4, -0.2) is 38.0 Å². The molecule has 0 radical (unpaired) electrons. The third kappa shape index (κ3) is 9.83. The summed E-state index contributed by atoms with van der Waals surface area (Å²) in [6.07, 6.45) is 22.4. The van der Waals surface area contributed by atoms with Gasteiger partial charge in [0.15, 0.2) is 11.6 Å². The summed E-state index contributed by atoms with van der Waals surface area (Å²) in [6, 6.07) is 41.9. The van der Waals surface area contributed by atoms with Gasteiger partial charge in [-0.25, -0.2) is 0 Å². The summed E-state index contributed by atoms with van der Waals surface area (Å²) in [5.41, 5.74) is 12.2. The van der Waals surface area contributed by atoms with Crippen LogP contribution in [0, 0.1) is 38.0 Å². The summed E-state index contributed by atoms with van der Waals surface area (Å²) in [5, 5.41) is 11.0. The first-order chi connectivity index (χ1) is 33.0. The minimum Gasteiger partial charge on any atom is -0.378 e. The van der Waals surface area contributed by atoms with E-state index in [4.69, 9.17) is 6.42 Å². The number of fused-ring (bicyclic) bond motifs is 6. The van der Waals surface area contributed by atoms with E-state index in [-0.39, 0.29) is 22.4 Å². The lowest BCUT2D eigenvalue weighted by Crippen LogP contribution is -2.48. The van der Waals surface area contributed by atoms with Crippen LogP contribution in [0.2, 0.25) is 0 Å². The highest BCUT2D eigenvalue weighted by Crippen LogP contribution is 2.54. The number of nitrogens with zero attached hydrogens (tertiary/aromatic N) is 2. The highest BCUT2D eigenvalue weighted by molar-refractivity contribution is 5.98. The Labute approximate surface area is 403 Å². The molecule has 0 amide bonds. The van der Waals surface area contributed by atoms with Gasteiger partial charge in [-0.1, -0.05) is 103 Å². The van der Waals surface area contributed by atoms with Crippen LogP contribution in [0.3, 0.4) is 0 Å². The van der Waals surface area contributed by atoms with Gasteiger partial charge < -0.3 is 5.11 Å². The molecule has 4 aliphatic carbocycles. The number of aryl methyl sites for hydroxylation is 4. The molecule has 2 aromatic heterocycles. The van der Waals surface area contributed by atoms with Crippen LogP contribution >= 0.6 is 0 Å². The van der Waals surface area contributed by atoms with E-state index in [1.165, 1.54) is 33.4 Å².